The van der Waals surface area contributed by atoms with Crippen LogP contribution in [0.25, 0.3) is 0 Å². The van der Waals surface area contributed by atoms with Crippen LogP contribution in [0.4, 0.5) is 0 Å². The second-order valence-corrected chi connectivity index (χ2v) is 10.5. The fraction of sp³-hybridized carbons (Fsp3) is 0.889. The van der Waals surface area contributed by atoms with Crippen molar-refractivity contribution in [1.82, 2.24) is 15.1 Å². The average molecular weight is 385 g/mol. The van der Waals surface area contributed by atoms with Crippen molar-refractivity contribution in [2.45, 2.75) is 32.1 Å². The molecule has 3 unspecified atom stereocenters. The molecule has 3 rings (SSSR count). The fourth-order valence-corrected chi connectivity index (χ4v) is 6.26. The van der Waals surface area contributed by atoms with Crippen LogP contribution in [0.15, 0.2) is 4.99 Å². The van der Waals surface area contributed by atoms with E-state index in [2.05, 4.69) is 15.2 Å². The van der Waals surface area contributed by atoms with Crippen molar-refractivity contribution in [2.24, 2.45) is 22.7 Å². The molecule has 1 aliphatic carbocycles. The lowest BCUT2D eigenvalue weighted by Gasteiger charge is -2.23. The van der Waals surface area contributed by atoms with E-state index in [0.29, 0.717) is 18.7 Å². The van der Waals surface area contributed by atoms with Gasteiger partial charge in [0.1, 0.15) is 6.54 Å². The lowest BCUT2D eigenvalue weighted by molar-refractivity contribution is -0.127. The van der Waals surface area contributed by atoms with Gasteiger partial charge < -0.3 is 15.1 Å². The van der Waals surface area contributed by atoms with E-state index >= 15 is 0 Å². The van der Waals surface area contributed by atoms with Crippen LogP contribution in [0.5, 0.6) is 0 Å². The second kappa shape index (κ2) is 8.15. The number of sulfone groups is 1. The van der Waals surface area contributed by atoms with E-state index in [9.17, 15) is 13.2 Å². The van der Waals surface area contributed by atoms with E-state index in [1.165, 1.54) is 25.7 Å². The molecular formula is C18H32N4O3S. The quantitative estimate of drug-likeness (QED) is 0.566. The Bertz CT molecular complexity index is 633. The molecule has 0 spiro atoms. The third-order valence-corrected chi connectivity index (χ3v) is 7.85. The van der Waals surface area contributed by atoms with Crippen molar-refractivity contribution >= 4 is 21.7 Å². The summed E-state index contributed by atoms with van der Waals surface area (Å²) in [4.78, 5) is 20.4. The number of carbonyl (C=O) groups excluding carboxylic acids is 1. The second-order valence-electron chi connectivity index (χ2n) is 8.29. The number of rotatable bonds is 4. The predicted octanol–water partition coefficient (Wildman–Crippen LogP) is 0.577. The molecule has 3 atom stereocenters. The highest BCUT2D eigenvalue weighted by molar-refractivity contribution is 7.91. The van der Waals surface area contributed by atoms with E-state index in [0.717, 1.165) is 30.9 Å². The zero-order valence-corrected chi connectivity index (χ0v) is 16.8. The SMILES string of the molecule is CN(C)C(=O)CN=C(NCC1CCS(=O)(=O)C1)N1CC2CCCCC2C1. The van der Waals surface area contributed by atoms with Gasteiger partial charge in [-0.3, -0.25) is 4.79 Å². The smallest absolute Gasteiger partial charge is 0.243 e. The topological polar surface area (TPSA) is 82.1 Å². The molecule has 2 saturated heterocycles. The van der Waals surface area contributed by atoms with Crippen LogP contribution in [-0.4, -0.2) is 81.9 Å². The van der Waals surface area contributed by atoms with E-state index in [1.54, 1.807) is 19.0 Å². The largest absolute Gasteiger partial charge is 0.356 e. The van der Waals surface area contributed by atoms with Crippen molar-refractivity contribution in [1.29, 1.82) is 0 Å². The van der Waals surface area contributed by atoms with Gasteiger partial charge in [-0.1, -0.05) is 12.8 Å². The maximum absolute atomic E-state index is 12.0. The Kier molecular flexibility index (Phi) is 6.10. The van der Waals surface area contributed by atoms with Crippen molar-refractivity contribution < 1.29 is 13.2 Å². The Hall–Kier alpha value is -1.31. The van der Waals surface area contributed by atoms with Gasteiger partial charge in [0.05, 0.1) is 11.5 Å². The number of guanidine groups is 1. The number of likely N-dealkylation sites (N-methyl/N-ethyl adjacent to an activating group) is 1. The summed E-state index contributed by atoms with van der Waals surface area (Å²) in [5.41, 5.74) is 0. The standard InChI is InChI=1S/C18H32N4O3S/c1-21(2)17(23)10-20-18(19-9-14-7-8-26(24,25)13-14)22-11-15-5-3-4-6-16(15)12-22/h14-16H,3-13H2,1-2H3,(H,19,20). The van der Waals surface area contributed by atoms with Crippen LogP contribution < -0.4 is 5.32 Å². The van der Waals surface area contributed by atoms with Crippen LogP contribution in [0.1, 0.15) is 32.1 Å². The number of hydrogen-bond donors (Lipinski definition) is 1. The Morgan fingerprint density at radius 1 is 1.15 bits per heavy atom. The molecule has 1 saturated carbocycles. The number of amides is 1. The molecule has 1 N–H and O–H groups in total. The third kappa shape index (κ3) is 4.90. The highest BCUT2D eigenvalue weighted by atomic mass is 32.2. The molecule has 7 nitrogen and oxygen atoms in total. The zero-order valence-electron chi connectivity index (χ0n) is 16.0. The van der Waals surface area contributed by atoms with Gasteiger partial charge in [-0.25, -0.2) is 13.4 Å². The predicted molar refractivity (Wildman–Crippen MR) is 103 cm³/mol. The first kappa shape index (κ1) is 19.5. The average Bonchev–Trinajstić information content (AvgIpc) is 3.17. The lowest BCUT2D eigenvalue weighted by atomic mass is 9.82. The number of aliphatic imine (C=N–C) groups is 1. The summed E-state index contributed by atoms with van der Waals surface area (Å²) in [5, 5.41) is 3.39. The third-order valence-electron chi connectivity index (χ3n) is 6.01. The van der Waals surface area contributed by atoms with Crippen molar-refractivity contribution in [3.63, 3.8) is 0 Å². The molecular weight excluding hydrogens is 352 g/mol. The summed E-state index contributed by atoms with van der Waals surface area (Å²) >= 11 is 0. The summed E-state index contributed by atoms with van der Waals surface area (Å²) in [6, 6.07) is 0. The Labute approximate surface area is 157 Å². The van der Waals surface area contributed by atoms with Gasteiger partial charge in [-0.15, -0.1) is 0 Å². The van der Waals surface area contributed by atoms with Gasteiger partial charge in [-0.2, -0.15) is 0 Å². The molecule has 2 aliphatic heterocycles. The molecule has 3 fully saturated rings. The lowest BCUT2D eigenvalue weighted by Crippen LogP contribution is -2.43. The highest BCUT2D eigenvalue weighted by Crippen LogP contribution is 2.36. The fourth-order valence-electron chi connectivity index (χ4n) is 4.40. The van der Waals surface area contributed by atoms with Crippen LogP contribution >= 0.6 is 0 Å². The monoisotopic (exact) mass is 384 g/mol. The number of fused-ring (bicyclic) bond motifs is 1. The minimum absolute atomic E-state index is 0.0237. The van der Waals surface area contributed by atoms with Gasteiger partial charge in [0.25, 0.3) is 0 Å². The minimum atomic E-state index is -2.87. The summed E-state index contributed by atoms with van der Waals surface area (Å²) < 4.78 is 23.4. The first-order chi connectivity index (χ1) is 12.3. The van der Waals surface area contributed by atoms with Crippen LogP contribution in [-0.2, 0) is 14.6 Å². The first-order valence-corrected chi connectivity index (χ1v) is 11.6. The molecule has 8 heteroatoms. The molecule has 1 amide bonds. The van der Waals surface area contributed by atoms with Gasteiger partial charge in [0, 0.05) is 33.7 Å². The van der Waals surface area contributed by atoms with Gasteiger partial charge in [0.15, 0.2) is 15.8 Å². The number of likely N-dealkylation sites (tertiary alicyclic amines) is 1. The molecule has 0 aromatic rings. The molecule has 2 heterocycles. The van der Waals surface area contributed by atoms with E-state index in [4.69, 9.17) is 0 Å². The Balaban J connectivity index is 1.63. The highest BCUT2D eigenvalue weighted by Gasteiger charge is 2.36. The molecule has 0 bridgehead atoms. The number of hydrogen-bond acceptors (Lipinski definition) is 4. The normalized spacial score (nSPS) is 30.9. The first-order valence-electron chi connectivity index (χ1n) is 9.78. The van der Waals surface area contributed by atoms with Crippen LogP contribution in [0, 0.1) is 17.8 Å². The minimum Gasteiger partial charge on any atom is -0.356 e. The van der Waals surface area contributed by atoms with E-state index < -0.39 is 9.84 Å². The maximum Gasteiger partial charge on any atom is 0.243 e. The van der Waals surface area contributed by atoms with Crippen LogP contribution in [0.3, 0.4) is 0 Å². The van der Waals surface area contributed by atoms with Crippen molar-refractivity contribution in [2.75, 3.05) is 51.8 Å². The summed E-state index contributed by atoms with van der Waals surface area (Å²) in [6.45, 7) is 2.73. The number of nitrogens with one attached hydrogen (secondary N) is 1. The molecule has 0 radical (unpaired) electrons. The molecule has 26 heavy (non-hydrogen) atoms. The summed E-state index contributed by atoms with van der Waals surface area (Å²) in [5.74, 6) is 2.90. The molecule has 0 aromatic carbocycles. The molecule has 3 aliphatic rings. The van der Waals surface area contributed by atoms with Gasteiger partial charge >= 0.3 is 0 Å². The summed E-state index contributed by atoms with van der Waals surface area (Å²) in [6.07, 6.45) is 5.91. The van der Waals surface area contributed by atoms with Crippen molar-refractivity contribution in [3.8, 4) is 0 Å². The maximum atomic E-state index is 12.0. The Morgan fingerprint density at radius 3 is 2.35 bits per heavy atom. The van der Waals surface area contributed by atoms with Gasteiger partial charge in [-0.05, 0) is 37.0 Å². The van der Waals surface area contributed by atoms with E-state index in [-0.39, 0.29) is 24.1 Å². The van der Waals surface area contributed by atoms with Gasteiger partial charge in [0.2, 0.25) is 5.91 Å². The number of carbonyl (C=O) groups is 1. The molecule has 0 aromatic heterocycles. The summed E-state index contributed by atoms with van der Waals surface area (Å²) in [7, 11) is 0.599. The van der Waals surface area contributed by atoms with E-state index in [1.807, 2.05) is 0 Å². The van der Waals surface area contributed by atoms with Crippen molar-refractivity contribution in [3.05, 3.63) is 0 Å². The Morgan fingerprint density at radius 2 is 1.81 bits per heavy atom. The van der Waals surface area contributed by atoms with Crippen LogP contribution in [0.2, 0.25) is 0 Å². The number of nitrogens with zero attached hydrogens (tertiary/aromatic N) is 3. The zero-order chi connectivity index (χ0) is 18.7. The molecule has 148 valence electrons.